The van der Waals surface area contributed by atoms with Gasteiger partial charge in [0.05, 0.1) is 12.3 Å². The molecule has 1 heterocycles. The van der Waals surface area contributed by atoms with E-state index in [9.17, 15) is 13.2 Å². The van der Waals surface area contributed by atoms with E-state index in [1.165, 1.54) is 31.5 Å². The highest BCUT2D eigenvalue weighted by Gasteiger charge is 2.23. The Morgan fingerprint density at radius 3 is 2.50 bits per heavy atom. The summed E-state index contributed by atoms with van der Waals surface area (Å²) in [5, 5.41) is 4.71. The molecule has 1 N–H and O–H groups in total. The lowest BCUT2D eigenvalue weighted by Gasteiger charge is -2.17. The van der Waals surface area contributed by atoms with E-state index >= 15 is 0 Å². The zero-order valence-electron chi connectivity index (χ0n) is 18.3. The van der Waals surface area contributed by atoms with Gasteiger partial charge in [-0.15, -0.1) is 11.3 Å². The molecule has 170 valence electrons. The molecular formula is C22H25N3O4S3. The second-order valence-electron chi connectivity index (χ2n) is 7.27. The minimum absolute atomic E-state index is 0.00496. The monoisotopic (exact) mass is 491 g/mol. The van der Waals surface area contributed by atoms with Gasteiger partial charge in [-0.3, -0.25) is 4.79 Å². The van der Waals surface area contributed by atoms with Gasteiger partial charge in [0, 0.05) is 25.2 Å². The first-order valence-electron chi connectivity index (χ1n) is 9.88. The van der Waals surface area contributed by atoms with Crippen molar-refractivity contribution in [3.05, 3.63) is 57.4 Å². The predicted octanol–water partition coefficient (Wildman–Crippen LogP) is 4.54. The van der Waals surface area contributed by atoms with E-state index in [0.29, 0.717) is 16.2 Å². The number of carbonyl (C=O) groups excluding carboxylic acids is 1. The largest absolute Gasteiger partial charge is 0.492 e. The fraction of sp³-hybridized carbons (Fsp3) is 0.273. The number of thiazole rings is 1. The van der Waals surface area contributed by atoms with E-state index < -0.39 is 10.0 Å². The van der Waals surface area contributed by atoms with Crippen LogP contribution in [0.25, 0.3) is 11.3 Å². The maximum absolute atomic E-state index is 12.8. The van der Waals surface area contributed by atoms with Crippen molar-refractivity contribution in [3.8, 4) is 17.0 Å². The van der Waals surface area contributed by atoms with Crippen LogP contribution in [0.15, 0.2) is 52.7 Å². The van der Waals surface area contributed by atoms with Gasteiger partial charge in [0.15, 0.2) is 3.95 Å². The van der Waals surface area contributed by atoms with Gasteiger partial charge in [-0.25, -0.2) is 12.7 Å². The summed E-state index contributed by atoms with van der Waals surface area (Å²) in [4.78, 5) is 12.8. The molecule has 0 aliphatic heterocycles. The quantitative estimate of drug-likeness (QED) is 0.468. The van der Waals surface area contributed by atoms with E-state index in [2.05, 4.69) is 5.32 Å². The molecule has 0 bridgehead atoms. The van der Waals surface area contributed by atoms with E-state index in [1.54, 1.807) is 23.6 Å². The number of carbonyl (C=O) groups is 1. The molecular weight excluding hydrogens is 466 g/mol. The van der Waals surface area contributed by atoms with Crippen molar-refractivity contribution in [1.82, 2.24) is 8.87 Å². The normalized spacial score (nSPS) is 11.5. The molecule has 3 aromatic rings. The summed E-state index contributed by atoms with van der Waals surface area (Å²) >= 11 is 6.82. The predicted molar refractivity (Wildman–Crippen MR) is 130 cm³/mol. The fourth-order valence-electron chi connectivity index (χ4n) is 3.03. The van der Waals surface area contributed by atoms with Crippen LogP contribution in [-0.4, -0.2) is 43.9 Å². The number of nitrogens with zero attached hydrogens (tertiary/aromatic N) is 2. The number of rotatable bonds is 8. The summed E-state index contributed by atoms with van der Waals surface area (Å²) < 4.78 is 34.3. The van der Waals surface area contributed by atoms with Crippen LogP contribution in [0, 0.1) is 10.9 Å². The molecule has 0 fully saturated rings. The zero-order chi connectivity index (χ0) is 23.5. The molecule has 1 amide bonds. The Morgan fingerprint density at radius 2 is 1.88 bits per heavy atom. The average Bonchev–Trinajstić information content (AvgIpc) is 3.09. The summed E-state index contributed by atoms with van der Waals surface area (Å²) in [5.74, 6) is -0.0777. The van der Waals surface area contributed by atoms with Gasteiger partial charge in [0.1, 0.15) is 17.2 Å². The molecule has 32 heavy (non-hydrogen) atoms. The lowest BCUT2D eigenvalue weighted by molar-refractivity contribution is -0.116. The molecule has 0 saturated carbocycles. The van der Waals surface area contributed by atoms with E-state index in [4.69, 9.17) is 17.0 Å². The van der Waals surface area contributed by atoms with Gasteiger partial charge < -0.3 is 14.6 Å². The maximum atomic E-state index is 12.8. The van der Waals surface area contributed by atoms with Crippen LogP contribution in [0.3, 0.4) is 0 Å². The summed E-state index contributed by atoms with van der Waals surface area (Å²) in [6.45, 7) is 4.12. The number of aromatic nitrogens is 1. The van der Waals surface area contributed by atoms with Crippen LogP contribution in [0.4, 0.5) is 5.69 Å². The van der Waals surface area contributed by atoms with Crippen molar-refractivity contribution in [2.75, 3.05) is 26.0 Å². The Labute approximate surface area is 197 Å². The Bertz CT molecular complexity index is 1280. The van der Waals surface area contributed by atoms with Crippen molar-refractivity contribution in [2.24, 2.45) is 0 Å². The third kappa shape index (κ3) is 5.26. The highest BCUT2D eigenvalue weighted by Crippen LogP contribution is 2.29. The standard InChI is InChI=1S/C22H25N3O4S3/c1-5-29-19-11-10-17(12-20(19)32(27,28)24(3)4)23-21(26)13-25-18(14-31-22(25)30)16-8-6-15(2)7-9-16/h6-12,14H,5,13H2,1-4H3,(H,23,26). The number of sulfonamides is 1. The zero-order valence-corrected chi connectivity index (χ0v) is 20.7. The van der Waals surface area contributed by atoms with Crippen molar-refractivity contribution >= 4 is 45.2 Å². The minimum atomic E-state index is -3.75. The van der Waals surface area contributed by atoms with Crippen LogP contribution in [-0.2, 0) is 21.4 Å². The van der Waals surface area contributed by atoms with E-state index in [-0.39, 0.29) is 23.1 Å². The number of hydrogen-bond donors (Lipinski definition) is 1. The lowest BCUT2D eigenvalue weighted by Crippen LogP contribution is -2.24. The van der Waals surface area contributed by atoms with Crippen molar-refractivity contribution in [3.63, 3.8) is 0 Å². The highest BCUT2D eigenvalue weighted by molar-refractivity contribution is 7.89. The minimum Gasteiger partial charge on any atom is -0.492 e. The number of nitrogens with one attached hydrogen (secondary N) is 1. The van der Waals surface area contributed by atoms with Gasteiger partial charge in [0.25, 0.3) is 0 Å². The Morgan fingerprint density at radius 1 is 1.19 bits per heavy atom. The summed E-state index contributed by atoms with van der Waals surface area (Å²) in [7, 11) is -0.863. The van der Waals surface area contributed by atoms with Crippen LogP contribution < -0.4 is 10.1 Å². The van der Waals surface area contributed by atoms with Gasteiger partial charge in [-0.1, -0.05) is 29.8 Å². The summed E-state index contributed by atoms with van der Waals surface area (Å²) in [6.07, 6.45) is 0. The Hall–Kier alpha value is -2.53. The molecule has 0 aliphatic carbocycles. The molecule has 3 rings (SSSR count). The van der Waals surface area contributed by atoms with Crippen LogP contribution in [0.2, 0.25) is 0 Å². The maximum Gasteiger partial charge on any atom is 0.246 e. The Balaban J connectivity index is 1.87. The number of hydrogen-bond acceptors (Lipinski definition) is 6. The molecule has 0 spiro atoms. The van der Waals surface area contributed by atoms with Crippen LogP contribution in [0.1, 0.15) is 12.5 Å². The number of aryl methyl sites for hydroxylation is 1. The van der Waals surface area contributed by atoms with Crippen LogP contribution in [0.5, 0.6) is 5.75 Å². The number of ether oxygens (including phenoxy) is 1. The number of benzene rings is 2. The molecule has 0 unspecified atom stereocenters. The van der Waals surface area contributed by atoms with Gasteiger partial charge >= 0.3 is 0 Å². The second-order valence-corrected chi connectivity index (χ2v) is 10.9. The SMILES string of the molecule is CCOc1ccc(NC(=O)Cn2c(-c3ccc(C)cc3)csc2=S)cc1S(=O)(=O)N(C)C. The Kier molecular flexibility index (Phi) is 7.50. The first kappa shape index (κ1) is 24.1. The molecule has 1 aromatic heterocycles. The van der Waals surface area contributed by atoms with E-state index in [1.807, 2.05) is 36.6 Å². The van der Waals surface area contributed by atoms with E-state index in [0.717, 1.165) is 21.1 Å². The first-order chi connectivity index (χ1) is 15.1. The van der Waals surface area contributed by atoms with Gasteiger partial charge in [0.2, 0.25) is 15.9 Å². The molecule has 7 nitrogen and oxygen atoms in total. The average molecular weight is 492 g/mol. The van der Waals surface area contributed by atoms with Crippen molar-refractivity contribution in [1.29, 1.82) is 0 Å². The molecule has 2 aromatic carbocycles. The lowest BCUT2D eigenvalue weighted by atomic mass is 10.1. The molecule has 0 radical (unpaired) electrons. The van der Waals surface area contributed by atoms with Crippen molar-refractivity contribution in [2.45, 2.75) is 25.3 Å². The van der Waals surface area contributed by atoms with Crippen LogP contribution >= 0.6 is 23.6 Å². The molecule has 0 atom stereocenters. The molecule has 10 heteroatoms. The number of amides is 1. The first-order valence-corrected chi connectivity index (χ1v) is 12.6. The van der Waals surface area contributed by atoms with Crippen molar-refractivity contribution < 1.29 is 17.9 Å². The summed E-state index contributed by atoms with van der Waals surface area (Å²) in [6, 6.07) is 12.6. The molecule has 0 saturated heterocycles. The number of anilines is 1. The summed E-state index contributed by atoms with van der Waals surface area (Å²) in [5.41, 5.74) is 3.33. The molecule has 0 aliphatic rings. The smallest absolute Gasteiger partial charge is 0.246 e. The fourth-order valence-corrected chi connectivity index (χ4v) is 5.16. The van der Waals surface area contributed by atoms with Gasteiger partial charge in [-0.2, -0.15) is 0 Å². The third-order valence-electron chi connectivity index (χ3n) is 4.72. The second kappa shape index (κ2) is 9.95. The van der Waals surface area contributed by atoms with Gasteiger partial charge in [-0.05, 0) is 49.8 Å². The highest BCUT2D eigenvalue weighted by atomic mass is 32.2. The third-order valence-corrected chi connectivity index (χ3v) is 7.83. The topological polar surface area (TPSA) is 80.6 Å².